The van der Waals surface area contributed by atoms with Gasteiger partial charge in [-0.05, 0) is 12.1 Å². The lowest BCUT2D eigenvalue weighted by atomic mass is 10.3. The number of hydrogen-bond donors (Lipinski definition) is 2. The molecule has 1 aromatic rings. The third-order valence-electron chi connectivity index (χ3n) is 0.791. The smallest absolute Gasteiger partial charge is 0.264 e. The van der Waals surface area contributed by atoms with Gasteiger partial charge in [-0.3, -0.25) is 14.1 Å². The van der Waals surface area contributed by atoms with Crippen molar-refractivity contribution in [3.63, 3.8) is 0 Å². The quantitative estimate of drug-likeness (QED) is 0.585. The monoisotopic (exact) mass is 202 g/mol. The average Bonchev–Trinajstić information content (AvgIpc) is 2.03. The van der Waals surface area contributed by atoms with Gasteiger partial charge in [0.05, 0.1) is 5.56 Å². The summed E-state index contributed by atoms with van der Waals surface area (Å²) in [5, 5.41) is 8.25. The Morgan fingerprint density at radius 2 is 2.00 bits per heavy atom. The molecule has 13 heavy (non-hydrogen) atoms. The summed E-state index contributed by atoms with van der Waals surface area (Å²) in [5.41, 5.74) is 0.604. The van der Waals surface area contributed by atoms with Crippen LogP contribution < -0.4 is 0 Å². The maximum absolute atomic E-state index is 8.74. The van der Waals surface area contributed by atoms with Crippen LogP contribution in [0.25, 0.3) is 0 Å². The van der Waals surface area contributed by atoms with Crippen molar-refractivity contribution in [2.24, 2.45) is 0 Å². The average molecular weight is 202 g/mol. The Hall–Kier alpha value is -1.49. The summed E-state index contributed by atoms with van der Waals surface area (Å²) in [7, 11) is -4.67. The molecule has 2 N–H and O–H groups in total. The van der Waals surface area contributed by atoms with Crippen molar-refractivity contribution in [3.05, 3.63) is 30.1 Å². The highest BCUT2D eigenvalue weighted by molar-refractivity contribution is 7.79. The standard InChI is InChI=1S/C6H4N2.H2O4S/c7-4-6-2-1-3-8-5-6;1-5(2,3)4/h1-3,5H;(H2,1,2,3,4). The molecule has 7 heteroatoms. The molecular weight excluding hydrogens is 196 g/mol. The van der Waals surface area contributed by atoms with Crippen molar-refractivity contribution < 1.29 is 17.5 Å². The summed E-state index contributed by atoms with van der Waals surface area (Å²) >= 11 is 0. The third kappa shape index (κ3) is 10.5. The largest absolute Gasteiger partial charge is 0.394 e. The van der Waals surface area contributed by atoms with Gasteiger partial charge in [-0.2, -0.15) is 13.7 Å². The van der Waals surface area contributed by atoms with E-state index in [0.717, 1.165) is 0 Å². The van der Waals surface area contributed by atoms with Crippen LogP contribution in [0.2, 0.25) is 0 Å². The number of aromatic nitrogens is 1. The number of rotatable bonds is 0. The van der Waals surface area contributed by atoms with Gasteiger partial charge in [0.15, 0.2) is 0 Å². The fourth-order valence-electron chi connectivity index (χ4n) is 0.429. The molecule has 1 heterocycles. The van der Waals surface area contributed by atoms with Gasteiger partial charge in [0, 0.05) is 12.4 Å². The van der Waals surface area contributed by atoms with Gasteiger partial charge in [0.1, 0.15) is 6.07 Å². The van der Waals surface area contributed by atoms with Gasteiger partial charge in [0.2, 0.25) is 0 Å². The maximum Gasteiger partial charge on any atom is 0.394 e. The molecule has 0 bridgehead atoms. The fraction of sp³-hybridized carbons (Fsp3) is 0. The van der Waals surface area contributed by atoms with Crippen LogP contribution in [0, 0.1) is 11.3 Å². The molecule has 0 unspecified atom stereocenters. The first-order chi connectivity index (χ1) is 5.93. The highest BCUT2D eigenvalue weighted by Gasteiger charge is 1.84. The molecule has 0 saturated carbocycles. The zero-order valence-corrected chi connectivity index (χ0v) is 7.14. The van der Waals surface area contributed by atoms with Crippen LogP contribution in [0.15, 0.2) is 24.5 Å². The van der Waals surface area contributed by atoms with Gasteiger partial charge in [-0.1, -0.05) is 0 Å². The molecular formula is C6H6N2O4S. The zero-order valence-electron chi connectivity index (χ0n) is 6.32. The van der Waals surface area contributed by atoms with E-state index in [-0.39, 0.29) is 0 Å². The molecule has 0 radical (unpaired) electrons. The van der Waals surface area contributed by atoms with E-state index in [0.29, 0.717) is 5.56 Å². The maximum atomic E-state index is 8.74. The fourth-order valence-corrected chi connectivity index (χ4v) is 0.429. The molecule has 0 spiro atoms. The van der Waals surface area contributed by atoms with E-state index in [2.05, 4.69) is 4.98 Å². The number of pyridine rings is 1. The Labute approximate surface area is 75.0 Å². The van der Waals surface area contributed by atoms with Crippen LogP contribution in [0.5, 0.6) is 0 Å². The van der Waals surface area contributed by atoms with Crippen molar-refractivity contribution >= 4 is 10.4 Å². The summed E-state index contributed by atoms with van der Waals surface area (Å²) in [6.45, 7) is 0. The van der Waals surface area contributed by atoms with E-state index in [9.17, 15) is 0 Å². The Kier molecular flexibility index (Phi) is 4.61. The van der Waals surface area contributed by atoms with Crippen LogP contribution in [0.1, 0.15) is 5.56 Å². The lowest BCUT2D eigenvalue weighted by Crippen LogP contribution is -1.89. The van der Waals surface area contributed by atoms with Crippen molar-refractivity contribution in [1.82, 2.24) is 4.98 Å². The molecule has 0 atom stereocenters. The molecule has 0 aromatic carbocycles. The third-order valence-corrected chi connectivity index (χ3v) is 0.791. The van der Waals surface area contributed by atoms with Crippen LogP contribution in [0.3, 0.4) is 0 Å². The molecule has 1 rings (SSSR count). The second-order valence-electron chi connectivity index (χ2n) is 1.80. The van der Waals surface area contributed by atoms with Crippen molar-refractivity contribution in [2.75, 3.05) is 0 Å². The summed E-state index contributed by atoms with van der Waals surface area (Å²) in [5.74, 6) is 0. The Morgan fingerprint density at radius 3 is 2.23 bits per heavy atom. The van der Waals surface area contributed by atoms with Gasteiger partial charge in [0.25, 0.3) is 0 Å². The van der Waals surface area contributed by atoms with E-state index in [1.807, 2.05) is 6.07 Å². The minimum Gasteiger partial charge on any atom is -0.264 e. The molecule has 6 nitrogen and oxygen atoms in total. The minimum absolute atomic E-state index is 0.604. The molecule has 0 aliphatic heterocycles. The predicted molar refractivity (Wildman–Crippen MR) is 43.1 cm³/mol. The van der Waals surface area contributed by atoms with Crippen molar-refractivity contribution in [3.8, 4) is 6.07 Å². The first kappa shape index (κ1) is 11.5. The molecule has 0 fully saturated rings. The second kappa shape index (κ2) is 5.21. The Bertz CT molecular complexity index is 373. The number of nitrogens with zero attached hydrogens (tertiary/aromatic N) is 2. The topological polar surface area (TPSA) is 111 Å². The lowest BCUT2D eigenvalue weighted by molar-refractivity contribution is 0.381. The van der Waals surface area contributed by atoms with Crippen molar-refractivity contribution in [1.29, 1.82) is 5.26 Å². The Morgan fingerprint density at radius 1 is 1.46 bits per heavy atom. The van der Waals surface area contributed by atoms with E-state index in [4.69, 9.17) is 22.8 Å². The number of hydrogen-bond acceptors (Lipinski definition) is 4. The number of nitriles is 1. The first-order valence-corrected chi connectivity index (χ1v) is 4.33. The highest BCUT2D eigenvalue weighted by Crippen LogP contribution is 1.89. The highest BCUT2D eigenvalue weighted by atomic mass is 32.3. The molecule has 0 aliphatic carbocycles. The molecule has 0 amide bonds. The Balaban J connectivity index is 0.000000252. The normalized spacial score (nSPS) is 9.31. The predicted octanol–water partition coefficient (Wildman–Crippen LogP) is 0.300. The van der Waals surface area contributed by atoms with Gasteiger partial charge in [-0.15, -0.1) is 0 Å². The van der Waals surface area contributed by atoms with E-state index < -0.39 is 10.4 Å². The molecule has 0 saturated heterocycles. The van der Waals surface area contributed by atoms with Crippen LogP contribution in [0.4, 0.5) is 0 Å². The minimum atomic E-state index is -4.67. The van der Waals surface area contributed by atoms with Gasteiger partial charge < -0.3 is 0 Å². The van der Waals surface area contributed by atoms with Crippen LogP contribution in [-0.4, -0.2) is 22.5 Å². The molecule has 0 aliphatic rings. The SMILES string of the molecule is N#Cc1cccnc1.O=S(=O)(O)O. The summed E-state index contributed by atoms with van der Waals surface area (Å²) in [4.78, 5) is 3.73. The van der Waals surface area contributed by atoms with Gasteiger partial charge in [-0.25, -0.2) is 0 Å². The van der Waals surface area contributed by atoms with Crippen LogP contribution in [-0.2, 0) is 10.4 Å². The van der Waals surface area contributed by atoms with Crippen molar-refractivity contribution in [2.45, 2.75) is 0 Å². The summed E-state index contributed by atoms with van der Waals surface area (Å²) in [6.07, 6.45) is 3.17. The summed E-state index contributed by atoms with van der Waals surface area (Å²) < 4.78 is 31.6. The molecule has 1 aromatic heterocycles. The van der Waals surface area contributed by atoms with Gasteiger partial charge >= 0.3 is 10.4 Å². The molecule has 70 valence electrons. The van der Waals surface area contributed by atoms with E-state index in [1.54, 1.807) is 18.3 Å². The van der Waals surface area contributed by atoms with E-state index in [1.165, 1.54) is 6.20 Å². The first-order valence-electron chi connectivity index (χ1n) is 2.93. The van der Waals surface area contributed by atoms with E-state index >= 15 is 0 Å². The summed E-state index contributed by atoms with van der Waals surface area (Å²) in [6, 6.07) is 5.41. The van der Waals surface area contributed by atoms with Crippen LogP contribution >= 0.6 is 0 Å². The lowest BCUT2D eigenvalue weighted by Gasteiger charge is -1.79. The second-order valence-corrected chi connectivity index (χ2v) is 2.70. The zero-order chi connectivity index (χ0) is 10.3.